The van der Waals surface area contributed by atoms with Gasteiger partial charge in [-0.25, -0.2) is 19.3 Å². The Balaban J connectivity index is 0.000000486. The van der Waals surface area contributed by atoms with E-state index in [2.05, 4.69) is 16.3 Å². The summed E-state index contributed by atoms with van der Waals surface area (Å²) in [6.45, 7) is 2.64. The maximum absolute atomic E-state index is 13.6. The quantitative estimate of drug-likeness (QED) is 0.104. The van der Waals surface area contributed by atoms with Gasteiger partial charge in [-0.15, -0.1) is 5.10 Å². The zero-order valence-electron chi connectivity index (χ0n) is 29.6. The number of nitriles is 1. The molecular weight excluding hydrogens is 726 g/mol. The number of ether oxygens (including phenoxy) is 1. The third-order valence-corrected chi connectivity index (χ3v) is 9.51. The lowest BCUT2D eigenvalue weighted by molar-refractivity contribution is -0.916. The molecule has 5 aromatic rings. The number of nitrogens with zero attached hydrogens (tertiary/aromatic N) is 5. The van der Waals surface area contributed by atoms with Gasteiger partial charge in [0.2, 0.25) is 5.95 Å². The number of hydrogen-bond donors (Lipinski definition) is 2. The fourth-order valence-corrected chi connectivity index (χ4v) is 6.85. The molecule has 0 unspecified atom stereocenters. The van der Waals surface area contributed by atoms with Crippen molar-refractivity contribution >= 4 is 27.7 Å². The number of hydrogen-bond acceptors (Lipinski definition) is 8. The summed E-state index contributed by atoms with van der Waals surface area (Å²) in [5.41, 5.74) is 1.51. The average molecular weight is 762 g/mol. The maximum Gasteiger partial charge on any atom is 0.416 e. The molecule has 1 aliphatic rings. The minimum atomic E-state index is -4.62. The number of methoxy groups -OCH3 is 1. The number of carbonyl (C=O) groups is 1. The van der Waals surface area contributed by atoms with Crippen LogP contribution in [0.2, 0.25) is 0 Å². The fourth-order valence-electron chi connectivity index (χ4n) is 6.34. The predicted octanol–water partition coefficient (Wildman–Crippen LogP) is 6.36. The summed E-state index contributed by atoms with van der Waals surface area (Å²) >= 11 is 0. The van der Waals surface area contributed by atoms with E-state index in [1.165, 1.54) is 40.8 Å². The van der Waals surface area contributed by atoms with Crippen LogP contribution < -0.4 is 10.6 Å². The van der Waals surface area contributed by atoms with Crippen LogP contribution in [-0.4, -0.2) is 59.4 Å². The molecule has 2 heterocycles. The van der Waals surface area contributed by atoms with Crippen LogP contribution in [0.4, 0.5) is 24.8 Å². The molecule has 0 radical (unpaired) electrons. The van der Waals surface area contributed by atoms with E-state index in [-0.39, 0.29) is 27.8 Å². The number of benzene rings is 4. The van der Waals surface area contributed by atoms with E-state index in [4.69, 9.17) is 9.29 Å². The van der Waals surface area contributed by atoms with Gasteiger partial charge >= 0.3 is 17.8 Å². The van der Waals surface area contributed by atoms with Crippen LogP contribution >= 0.6 is 0 Å². The van der Waals surface area contributed by atoms with Gasteiger partial charge in [0.15, 0.2) is 0 Å². The highest BCUT2D eigenvalue weighted by Crippen LogP contribution is 2.44. The number of aromatic amines is 1. The monoisotopic (exact) mass is 761 g/mol. The summed E-state index contributed by atoms with van der Waals surface area (Å²) in [6.07, 6.45) is -4.62. The van der Waals surface area contributed by atoms with E-state index in [1.54, 1.807) is 43.3 Å². The normalized spacial score (nSPS) is 14.4. The van der Waals surface area contributed by atoms with E-state index < -0.39 is 39.6 Å². The lowest BCUT2D eigenvalue weighted by Crippen LogP contribution is -2.40. The van der Waals surface area contributed by atoms with Gasteiger partial charge < -0.3 is 9.22 Å². The van der Waals surface area contributed by atoms with Gasteiger partial charge in [-0.3, -0.25) is 9.45 Å². The number of rotatable bonds is 8. The number of alkyl halides is 3. The Morgan fingerprint density at radius 2 is 1.63 bits per heavy atom. The number of carbonyl (C=O) groups excluding carboxylic acids is 1. The van der Waals surface area contributed by atoms with Gasteiger partial charge in [0, 0.05) is 22.5 Å². The molecule has 4 aromatic carbocycles. The standard InChI is InChI=1S/C32H29F3N6O3.C6H6O3S/c1-20-27(29(42)44-4)28(40-30(37-38-31(40)43)39(20)25-12-8-11-24(16-25)32(33,34)35)26-14-13-22(17-36)15-23(26)19-41(2,3)18-21-9-6-5-7-10-21;7-10(8,9)6-4-2-1-3-5-6/h5-16,28H,18-19H2,1-4H3;1-5H,(H,7,8,9)/p+1/t28-;/m1./s1. The van der Waals surface area contributed by atoms with E-state index in [0.29, 0.717) is 34.3 Å². The molecule has 280 valence electrons. The van der Waals surface area contributed by atoms with Crippen LogP contribution in [0.25, 0.3) is 0 Å². The van der Waals surface area contributed by atoms with Crippen molar-refractivity contribution in [2.75, 3.05) is 26.1 Å². The Morgan fingerprint density at radius 1 is 0.981 bits per heavy atom. The molecular formula is C38H36F3N6O6S+. The minimum Gasteiger partial charge on any atom is -0.466 e. The largest absolute Gasteiger partial charge is 0.466 e. The molecule has 54 heavy (non-hydrogen) atoms. The summed E-state index contributed by atoms with van der Waals surface area (Å²) < 4.78 is 77.1. The highest BCUT2D eigenvalue weighted by atomic mass is 32.2. The number of aromatic nitrogens is 3. The highest BCUT2D eigenvalue weighted by Gasteiger charge is 2.41. The number of anilines is 2. The Morgan fingerprint density at radius 3 is 2.20 bits per heavy atom. The smallest absolute Gasteiger partial charge is 0.416 e. The Bertz CT molecular complexity index is 2400. The first kappa shape index (κ1) is 39.2. The first-order valence-electron chi connectivity index (χ1n) is 16.3. The van der Waals surface area contributed by atoms with Crippen LogP contribution in [0.5, 0.6) is 0 Å². The number of nitrogens with one attached hydrogen (secondary N) is 1. The number of quaternary nitrogens is 1. The fraction of sp³-hybridized carbons (Fsp3) is 0.211. The Kier molecular flexibility index (Phi) is 11.3. The van der Waals surface area contributed by atoms with Crippen molar-refractivity contribution < 1.29 is 40.2 Å². The molecule has 2 N–H and O–H groups in total. The second-order valence-electron chi connectivity index (χ2n) is 13.0. The third kappa shape index (κ3) is 8.60. The molecule has 1 atom stereocenters. The SMILES string of the molecule is COC(=O)C1=C(C)N(c2cccc(C(F)(F)F)c2)c2n[nH]c(=O)n2[C@@H]1c1ccc(C#N)cc1C[N+](C)(C)Cc1ccccc1.O=S(=O)(O)c1ccccc1. The van der Waals surface area contributed by atoms with Gasteiger partial charge in [0.1, 0.15) is 19.1 Å². The van der Waals surface area contributed by atoms with Crippen molar-refractivity contribution in [1.82, 2.24) is 14.8 Å². The molecule has 0 saturated carbocycles. The van der Waals surface area contributed by atoms with Gasteiger partial charge in [0.05, 0.1) is 48.9 Å². The number of esters is 1. The van der Waals surface area contributed by atoms with Crippen LogP contribution in [0.1, 0.15) is 40.8 Å². The maximum atomic E-state index is 13.6. The van der Waals surface area contributed by atoms with Crippen molar-refractivity contribution in [3.8, 4) is 6.07 Å². The van der Waals surface area contributed by atoms with Crippen LogP contribution in [0.3, 0.4) is 0 Å². The van der Waals surface area contributed by atoms with Crippen molar-refractivity contribution in [2.45, 2.75) is 37.1 Å². The lowest BCUT2D eigenvalue weighted by Gasteiger charge is -2.37. The molecule has 0 bridgehead atoms. The molecule has 0 saturated heterocycles. The first-order valence-corrected chi connectivity index (χ1v) is 17.7. The van der Waals surface area contributed by atoms with E-state index in [9.17, 15) is 36.4 Å². The topological polar surface area (TPSA) is 158 Å². The summed E-state index contributed by atoms with van der Waals surface area (Å²) in [7, 11) is 1.26. The van der Waals surface area contributed by atoms with Crippen LogP contribution in [0.15, 0.2) is 124 Å². The van der Waals surface area contributed by atoms with E-state index >= 15 is 0 Å². The number of fused-ring (bicyclic) bond motifs is 1. The van der Waals surface area contributed by atoms with E-state index in [0.717, 1.165) is 17.7 Å². The second kappa shape index (κ2) is 15.5. The molecule has 12 nitrogen and oxygen atoms in total. The Hall–Kier alpha value is -6.02. The molecule has 16 heteroatoms. The molecule has 0 aliphatic carbocycles. The van der Waals surface area contributed by atoms with Gasteiger partial charge in [-0.1, -0.05) is 60.7 Å². The molecule has 1 aliphatic heterocycles. The van der Waals surface area contributed by atoms with Gasteiger partial charge in [0.25, 0.3) is 10.1 Å². The minimum absolute atomic E-state index is 0.00202. The third-order valence-electron chi connectivity index (χ3n) is 8.64. The summed E-state index contributed by atoms with van der Waals surface area (Å²) in [5, 5.41) is 16.3. The zero-order chi connectivity index (χ0) is 39.4. The van der Waals surface area contributed by atoms with Crippen molar-refractivity contribution in [3.05, 3.63) is 153 Å². The van der Waals surface area contributed by atoms with Crippen molar-refractivity contribution in [2.24, 2.45) is 0 Å². The molecule has 6 rings (SSSR count). The molecule has 1 aromatic heterocycles. The van der Waals surface area contributed by atoms with Crippen LogP contribution in [-0.2, 0) is 38.9 Å². The zero-order valence-corrected chi connectivity index (χ0v) is 30.4. The molecule has 0 spiro atoms. The average Bonchev–Trinajstić information content (AvgIpc) is 3.51. The summed E-state index contributed by atoms with van der Waals surface area (Å²) in [4.78, 5) is 28.1. The predicted molar refractivity (Wildman–Crippen MR) is 193 cm³/mol. The molecule has 0 fully saturated rings. The second-order valence-corrected chi connectivity index (χ2v) is 14.4. The Labute approximate surface area is 309 Å². The number of H-pyrrole nitrogens is 1. The van der Waals surface area contributed by atoms with Crippen LogP contribution in [0, 0.1) is 11.3 Å². The van der Waals surface area contributed by atoms with E-state index in [1.807, 2.05) is 44.4 Å². The number of halogens is 3. The van der Waals surface area contributed by atoms with Gasteiger partial charge in [-0.05, 0) is 55.0 Å². The lowest BCUT2D eigenvalue weighted by atomic mass is 9.89. The summed E-state index contributed by atoms with van der Waals surface area (Å²) in [5.74, 6) is -0.769. The van der Waals surface area contributed by atoms with Gasteiger partial charge in [-0.2, -0.15) is 26.9 Å². The van der Waals surface area contributed by atoms with Crippen molar-refractivity contribution in [1.29, 1.82) is 5.26 Å². The first-order chi connectivity index (χ1) is 25.4. The molecule has 0 amide bonds. The van der Waals surface area contributed by atoms with Crippen molar-refractivity contribution in [3.63, 3.8) is 0 Å². The highest BCUT2D eigenvalue weighted by molar-refractivity contribution is 7.85. The number of allylic oxidation sites excluding steroid dienone is 1. The summed E-state index contributed by atoms with van der Waals surface area (Å²) in [6, 6.07) is 28.0.